The van der Waals surface area contributed by atoms with E-state index in [0.29, 0.717) is 29.7 Å². The van der Waals surface area contributed by atoms with Gasteiger partial charge in [0, 0.05) is 15.7 Å². The Labute approximate surface area is 189 Å². The number of aryl methyl sites for hydroxylation is 1. The molecule has 0 unspecified atom stereocenters. The number of benzene rings is 3. The number of hydrogen-bond acceptors (Lipinski definition) is 4. The molecule has 0 aliphatic rings. The Morgan fingerprint density at radius 2 is 1.74 bits per heavy atom. The van der Waals surface area contributed by atoms with E-state index in [1.165, 1.54) is 0 Å². The van der Waals surface area contributed by atoms with Gasteiger partial charge < -0.3 is 10.1 Å². The minimum absolute atomic E-state index is 0.180. The maximum Gasteiger partial charge on any atom is 0.336 e. The van der Waals surface area contributed by atoms with E-state index in [1.54, 1.807) is 10.7 Å². The molecule has 1 N–H and O–H groups in total. The molecule has 4 aromatic rings. The summed E-state index contributed by atoms with van der Waals surface area (Å²) < 4.78 is 8.05. The van der Waals surface area contributed by atoms with Gasteiger partial charge in [0.25, 0.3) is 5.91 Å². The summed E-state index contributed by atoms with van der Waals surface area (Å²) in [5.41, 5.74) is 4.15. The highest BCUT2D eigenvalue weighted by atomic mass is 79.9. The van der Waals surface area contributed by atoms with E-state index < -0.39 is 0 Å². The SMILES string of the molecule is CCOc1nc(-c2ccccc2C)n(-c2ccc(NC(=O)c3ccccc3Br)cc2)n1. The smallest absolute Gasteiger partial charge is 0.336 e. The van der Waals surface area contributed by atoms with E-state index >= 15 is 0 Å². The van der Waals surface area contributed by atoms with Crippen LogP contribution in [0.4, 0.5) is 5.69 Å². The predicted molar refractivity (Wildman–Crippen MR) is 125 cm³/mol. The van der Waals surface area contributed by atoms with Gasteiger partial charge in [0.1, 0.15) is 0 Å². The highest BCUT2D eigenvalue weighted by Gasteiger charge is 2.16. The van der Waals surface area contributed by atoms with Crippen molar-refractivity contribution in [1.29, 1.82) is 0 Å². The van der Waals surface area contributed by atoms with Crippen molar-refractivity contribution < 1.29 is 9.53 Å². The summed E-state index contributed by atoms with van der Waals surface area (Å²) >= 11 is 3.41. The van der Waals surface area contributed by atoms with Crippen LogP contribution in [-0.4, -0.2) is 27.3 Å². The number of anilines is 1. The second-order valence-corrected chi connectivity index (χ2v) is 7.71. The Bertz CT molecular complexity index is 1220. The maximum atomic E-state index is 12.6. The molecular weight excluding hydrogens is 456 g/mol. The van der Waals surface area contributed by atoms with Gasteiger partial charge in [-0.1, -0.05) is 36.4 Å². The van der Waals surface area contributed by atoms with Crippen LogP contribution in [0.1, 0.15) is 22.8 Å². The van der Waals surface area contributed by atoms with Crippen molar-refractivity contribution in [3.8, 4) is 23.1 Å². The summed E-state index contributed by atoms with van der Waals surface area (Å²) in [4.78, 5) is 17.1. The third-order valence-electron chi connectivity index (χ3n) is 4.74. The van der Waals surface area contributed by atoms with Gasteiger partial charge in [-0.05, 0) is 71.7 Å². The molecule has 0 bridgehead atoms. The minimum atomic E-state index is -0.180. The number of carbonyl (C=O) groups excluding carboxylic acids is 1. The molecule has 0 aliphatic heterocycles. The van der Waals surface area contributed by atoms with E-state index in [9.17, 15) is 4.79 Å². The van der Waals surface area contributed by atoms with E-state index in [4.69, 9.17) is 4.74 Å². The maximum absolute atomic E-state index is 12.6. The molecule has 156 valence electrons. The summed E-state index contributed by atoms with van der Waals surface area (Å²) in [6.45, 7) is 4.42. The number of aromatic nitrogens is 3. The minimum Gasteiger partial charge on any atom is -0.463 e. The molecule has 0 spiro atoms. The molecule has 6 nitrogen and oxygen atoms in total. The van der Waals surface area contributed by atoms with Crippen molar-refractivity contribution >= 4 is 27.5 Å². The molecule has 0 saturated heterocycles. The fourth-order valence-corrected chi connectivity index (χ4v) is 3.66. The lowest BCUT2D eigenvalue weighted by molar-refractivity contribution is 0.102. The molecule has 3 aromatic carbocycles. The molecule has 0 radical (unpaired) electrons. The molecular formula is C24H21BrN4O2. The Kier molecular flexibility index (Phi) is 6.13. The van der Waals surface area contributed by atoms with Crippen molar-refractivity contribution in [2.24, 2.45) is 0 Å². The summed E-state index contributed by atoms with van der Waals surface area (Å²) in [7, 11) is 0. The Morgan fingerprint density at radius 1 is 1.03 bits per heavy atom. The van der Waals surface area contributed by atoms with Crippen LogP contribution in [0.2, 0.25) is 0 Å². The zero-order valence-electron chi connectivity index (χ0n) is 17.2. The summed E-state index contributed by atoms with van der Waals surface area (Å²) in [6.07, 6.45) is 0. The average Bonchev–Trinajstić information content (AvgIpc) is 3.19. The lowest BCUT2D eigenvalue weighted by Crippen LogP contribution is -2.12. The number of halogens is 1. The van der Waals surface area contributed by atoms with Crippen LogP contribution in [-0.2, 0) is 0 Å². The lowest BCUT2D eigenvalue weighted by Gasteiger charge is -2.10. The van der Waals surface area contributed by atoms with Crippen LogP contribution in [0.15, 0.2) is 77.3 Å². The van der Waals surface area contributed by atoms with Gasteiger partial charge in [0.05, 0.1) is 17.9 Å². The molecule has 0 atom stereocenters. The quantitative estimate of drug-likeness (QED) is 0.389. The molecule has 1 aromatic heterocycles. The van der Waals surface area contributed by atoms with Crippen molar-refractivity contribution in [3.63, 3.8) is 0 Å². The Morgan fingerprint density at radius 3 is 2.45 bits per heavy atom. The average molecular weight is 477 g/mol. The number of nitrogens with zero attached hydrogens (tertiary/aromatic N) is 3. The second kappa shape index (κ2) is 9.14. The number of nitrogens with one attached hydrogen (secondary N) is 1. The van der Waals surface area contributed by atoms with Gasteiger partial charge in [-0.25, -0.2) is 4.68 Å². The van der Waals surface area contributed by atoms with Gasteiger partial charge >= 0.3 is 6.01 Å². The highest BCUT2D eigenvalue weighted by Crippen LogP contribution is 2.27. The number of ether oxygens (including phenoxy) is 1. The molecule has 7 heteroatoms. The molecule has 4 rings (SSSR count). The van der Waals surface area contributed by atoms with Crippen LogP contribution < -0.4 is 10.1 Å². The molecule has 0 aliphatic carbocycles. The van der Waals surface area contributed by atoms with Crippen LogP contribution in [0.3, 0.4) is 0 Å². The first-order valence-corrected chi connectivity index (χ1v) is 10.7. The fraction of sp³-hybridized carbons (Fsp3) is 0.125. The summed E-state index contributed by atoms with van der Waals surface area (Å²) in [5, 5.41) is 7.45. The Hall–Kier alpha value is -3.45. The first-order valence-electron chi connectivity index (χ1n) is 9.89. The van der Waals surface area contributed by atoms with Crippen molar-refractivity contribution in [2.75, 3.05) is 11.9 Å². The standard InChI is InChI=1S/C24H21BrN4O2/c1-3-31-24-27-22(19-9-5-4-8-16(19)2)29(28-24)18-14-12-17(13-15-18)26-23(30)20-10-6-7-11-21(20)25/h4-15H,3H2,1-2H3,(H,26,30). The number of hydrogen-bond donors (Lipinski definition) is 1. The third kappa shape index (κ3) is 4.51. The van der Waals surface area contributed by atoms with Gasteiger partial charge in [0.2, 0.25) is 0 Å². The van der Waals surface area contributed by atoms with Crippen molar-refractivity contribution in [1.82, 2.24) is 14.8 Å². The molecule has 1 heterocycles. The van der Waals surface area contributed by atoms with Crippen molar-refractivity contribution in [3.05, 3.63) is 88.4 Å². The number of carbonyl (C=O) groups is 1. The van der Waals surface area contributed by atoms with Gasteiger partial charge in [-0.2, -0.15) is 4.98 Å². The second-order valence-electron chi connectivity index (χ2n) is 6.86. The topological polar surface area (TPSA) is 69.0 Å². The third-order valence-corrected chi connectivity index (χ3v) is 5.43. The van der Waals surface area contributed by atoms with Crippen LogP contribution in [0.5, 0.6) is 6.01 Å². The largest absolute Gasteiger partial charge is 0.463 e. The first-order chi connectivity index (χ1) is 15.1. The van der Waals surface area contributed by atoms with Crippen LogP contribution >= 0.6 is 15.9 Å². The lowest BCUT2D eigenvalue weighted by atomic mass is 10.1. The predicted octanol–water partition coefficient (Wildman–Crippen LogP) is 5.66. The Balaban J connectivity index is 1.64. The molecule has 0 fully saturated rings. The monoisotopic (exact) mass is 476 g/mol. The zero-order chi connectivity index (χ0) is 21.8. The fourth-order valence-electron chi connectivity index (χ4n) is 3.19. The van der Waals surface area contributed by atoms with E-state index in [1.807, 2.05) is 80.6 Å². The molecule has 31 heavy (non-hydrogen) atoms. The molecule has 0 saturated carbocycles. The first kappa shape index (κ1) is 20.8. The highest BCUT2D eigenvalue weighted by molar-refractivity contribution is 9.10. The zero-order valence-corrected chi connectivity index (χ0v) is 18.8. The van der Waals surface area contributed by atoms with Crippen molar-refractivity contribution in [2.45, 2.75) is 13.8 Å². The van der Waals surface area contributed by atoms with E-state index in [0.717, 1.165) is 21.3 Å². The summed E-state index contributed by atoms with van der Waals surface area (Å²) in [6, 6.07) is 23.1. The normalized spacial score (nSPS) is 10.7. The molecule has 1 amide bonds. The number of rotatable bonds is 6. The van der Waals surface area contributed by atoms with Gasteiger partial charge in [0.15, 0.2) is 5.82 Å². The van der Waals surface area contributed by atoms with Crippen LogP contribution in [0, 0.1) is 6.92 Å². The van der Waals surface area contributed by atoms with E-state index in [2.05, 4.69) is 31.3 Å². The summed E-state index contributed by atoms with van der Waals surface area (Å²) in [5.74, 6) is 0.520. The van der Waals surface area contributed by atoms with E-state index in [-0.39, 0.29) is 5.91 Å². The van der Waals surface area contributed by atoms with Crippen LogP contribution in [0.25, 0.3) is 17.1 Å². The van der Waals surface area contributed by atoms with Gasteiger partial charge in [-0.3, -0.25) is 4.79 Å². The van der Waals surface area contributed by atoms with Gasteiger partial charge in [-0.15, -0.1) is 5.10 Å². The number of amides is 1.